The summed E-state index contributed by atoms with van der Waals surface area (Å²) in [6.45, 7) is 4.29. The molecular weight excluding hydrogens is 282 g/mol. The van der Waals surface area contributed by atoms with Gasteiger partial charge in [-0.05, 0) is 30.7 Å². The molecule has 21 heavy (non-hydrogen) atoms. The predicted octanol–water partition coefficient (Wildman–Crippen LogP) is 3.43. The lowest BCUT2D eigenvalue weighted by molar-refractivity contribution is -0.114. The Morgan fingerprint density at radius 3 is 2.90 bits per heavy atom. The smallest absolute Gasteiger partial charge is 0.221 e. The Hall–Kier alpha value is -2.16. The lowest BCUT2D eigenvalue weighted by Crippen LogP contribution is -2.17. The zero-order valence-corrected chi connectivity index (χ0v) is 12.8. The molecule has 1 unspecified atom stereocenters. The largest absolute Gasteiger partial charge is 0.326 e. The van der Waals surface area contributed by atoms with Gasteiger partial charge in [0, 0.05) is 35.5 Å². The van der Waals surface area contributed by atoms with E-state index in [4.69, 9.17) is 5.26 Å². The first kappa shape index (κ1) is 15.2. The Kier molecular flexibility index (Phi) is 5.09. The van der Waals surface area contributed by atoms with Gasteiger partial charge in [-0.25, -0.2) is 0 Å². The molecule has 0 spiro atoms. The molecule has 108 valence electrons. The van der Waals surface area contributed by atoms with Crippen LogP contribution in [0.4, 0.5) is 5.69 Å². The maximum atomic E-state index is 11.1. The molecule has 2 rings (SSSR count). The Bertz CT molecular complexity index is 672. The van der Waals surface area contributed by atoms with Gasteiger partial charge in [0.15, 0.2) is 0 Å². The van der Waals surface area contributed by atoms with Gasteiger partial charge in [0.2, 0.25) is 5.91 Å². The van der Waals surface area contributed by atoms with Crippen molar-refractivity contribution in [1.82, 2.24) is 5.32 Å². The highest BCUT2D eigenvalue weighted by molar-refractivity contribution is 7.10. The first-order valence-electron chi connectivity index (χ1n) is 6.67. The number of carbonyl (C=O) groups is 1. The molecule has 4 nitrogen and oxygen atoms in total. The number of nitrogens with one attached hydrogen (secondary N) is 2. The van der Waals surface area contributed by atoms with Crippen molar-refractivity contribution in [3.63, 3.8) is 0 Å². The van der Waals surface area contributed by atoms with E-state index < -0.39 is 0 Å². The van der Waals surface area contributed by atoms with E-state index in [9.17, 15) is 4.79 Å². The number of hydrogen-bond acceptors (Lipinski definition) is 4. The van der Waals surface area contributed by atoms with Gasteiger partial charge in [-0.1, -0.05) is 12.1 Å². The van der Waals surface area contributed by atoms with Gasteiger partial charge in [0.25, 0.3) is 0 Å². The van der Waals surface area contributed by atoms with Crippen molar-refractivity contribution in [2.45, 2.75) is 26.4 Å². The van der Waals surface area contributed by atoms with E-state index in [2.05, 4.69) is 23.6 Å². The van der Waals surface area contributed by atoms with Crippen LogP contribution >= 0.6 is 11.3 Å². The average molecular weight is 299 g/mol. The SMILES string of the molecule is CC(=O)Nc1cccc(C(C)NCc2cc(C#N)cs2)c1. The van der Waals surface area contributed by atoms with Gasteiger partial charge in [0.1, 0.15) is 6.07 Å². The molecule has 0 bridgehead atoms. The van der Waals surface area contributed by atoms with E-state index in [0.717, 1.165) is 22.7 Å². The Morgan fingerprint density at radius 2 is 2.24 bits per heavy atom. The molecule has 1 aromatic carbocycles. The molecule has 1 amide bonds. The topological polar surface area (TPSA) is 64.9 Å². The summed E-state index contributed by atoms with van der Waals surface area (Å²) in [5.74, 6) is -0.0737. The van der Waals surface area contributed by atoms with Crippen molar-refractivity contribution in [1.29, 1.82) is 5.26 Å². The number of benzene rings is 1. The summed E-state index contributed by atoms with van der Waals surface area (Å²) in [6.07, 6.45) is 0. The summed E-state index contributed by atoms with van der Waals surface area (Å²) in [5, 5.41) is 16.9. The minimum Gasteiger partial charge on any atom is -0.326 e. The number of rotatable bonds is 5. The van der Waals surface area contributed by atoms with E-state index in [0.29, 0.717) is 5.56 Å². The maximum Gasteiger partial charge on any atom is 0.221 e. The minimum atomic E-state index is -0.0737. The van der Waals surface area contributed by atoms with Gasteiger partial charge < -0.3 is 10.6 Å². The van der Waals surface area contributed by atoms with Crippen LogP contribution in [0.25, 0.3) is 0 Å². The van der Waals surface area contributed by atoms with E-state index in [1.807, 2.05) is 35.7 Å². The molecule has 0 saturated carbocycles. The first-order valence-corrected chi connectivity index (χ1v) is 7.55. The van der Waals surface area contributed by atoms with Crippen LogP contribution in [0.3, 0.4) is 0 Å². The highest BCUT2D eigenvalue weighted by Gasteiger charge is 2.07. The molecular formula is C16H17N3OS. The number of hydrogen-bond donors (Lipinski definition) is 2. The second-order valence-corrected chi connectivity index (χ2v) is 5.82. The molecule has 2 aromatic rings. The summed E-state index contributed by atoms with van der Waals surface area (Å²) in [7, 11) is 0. The summed E-state index contributed by atoms with van der Waals surface area (Å²) in [4.78, 5) is 12.2. The number of nitrogens with zero attached hydrogens (tertiary/aromatic N) is 1. The highest BCUT2D eigenvalue weighted by atomic mass is 32.1. The molecule has 1 atom stereocenters. The molecule has 0 aliphatic heterocycles. The van der Waals surface area contributed by atoms with E-state index in [1.54, 1.807) is 11.3 Å². The third kappa shape index (κ3) is 4.42. The number of anilines is 1. The Balaban J connectivity index is 1.98. The average Bonchev–Trinajstić information content (AvgIpc) is 2.92. The van der Waals surface area contributed by atoms with Gasteiger partial charge in [0.05, 0.1) is 5.56 Å². The molecule has 1 aromatic heterocycles. The molecule has 2 N–H and O–H groups in total. The van der Waals surface area contributed by atoms with Crippen molar-refractivity contribution in [2.75, 3.05) is 5.32 Å². The van der Waals surface area contributed by atoms with E-state index in [1.165, 1.54) is 6.92 Å². The number of thiophene rings is 1. The molecule has 1 heterocycles. The third-order valence-corrected chi connectivity index (χ3v) is 4.01. The summed E-state index contributed by atoms with van der Waals surface area (Å²) in [6, 6.07) is 12.0. The van der Waals surface area contributed by atoms with Crippen LogP contribution in [0.2, 0.25) is 0 Å². The standard InChI is InChI=1S/C16H17N3OS/c1-11(18-9-16-6-13(8-17)10-21-16)14-4-3-5-15(7-14)19-12(2)20/h3-7,10-11,18H,9H2,1-2H3,(H,19,20). The number of nitriles is 1. The third-order valence-electron chi connectivity index (χ3n) is 3.07. The normalized spacial score (nSPS) is 11.7. The van der Waals surface area contributed by atoms with Gasteiger partial charge in [-0.3, -0.25) is 4.79 Å². The van der Waals surface area contributed by atoms with E-state index in [-0.39, 0.29) is 11.9 Å². The summed E-state index contributed by atoms with van der Waals surface area (Å²) >= 11 is 1.58. The number of carbonyl (C=O) groups excluding carboxylic acids is 1. The van der Waals surface area contributed by atoms with Crippen molar-refractivity contribution >= 4 is 22.9 Å². The predicted molar refractivity (Wildman–Crippen MR) is 85.0 cm³/mol. The summed E-state index contributed by atoms with van der Waals surface area (Å²) < 4.78 is 0. The number of amides is 1. The van der Waals surface area contributed by atoms with Gasteiger partial charge in [-0.2, -0.15) is 5.26 Å². The van der Waals surface area contributed by atoms with Crippen molar-refractivity contribution < 1.29 is 4.79 Å². The quantitative estimate of drug-likeness (QED) is 0.889. The van der Waals surface area contributed by atoms with Crippen molar-refractivity contribution in [2.24, 2.45) is 0 Å². The van der Waals surface area contributed by atoms with Crippen LogP contribution in [0.5, 0.6) is 0 Å². The van der Waals surface area contributed by atoms with Gasteiger partial charge in [-0.15, -0.1) is 11.3 Å². The molecule has 5 heteroatoms. The van der Waals surface area contributed by atoms with Crippen molar-refractivity contribution in [3.05, 3.63) is 51.7 Å². The lowest BCUT2D eigenvalue weighted by Gasteiger charge is -2.15. The van der Waals surface area contributed by atoms with Crippen LogP contribution < -0.4 is 10.6 Å². The van der Waals surface area contributed by atoms with Crippen LogP contribution in [0, 0.1) is 11.3 Å². The fraction of sp³-hybridized carbons (Fsp3) is 0.250. The van der Waals surface area contributed by atoms with Crippen LogP contribution in [0.1, 0.15) is 35.9 Å². The Morgan fingerprint density at radius 1 is 1.43 bits per heavy atom. The second-order valence-electron chi connectivity index (χ2n) is 4.82. The van der Waals surface area contributed by atoms with Crippen molar-refractivity contribution in [3.8, 4) is 6.07 Å². The van der Waals surface area contributed by atoms with Crippen LogP contribution in [0.15, 0.2) is 35.7 Å². The molecule has 0 aliphatic carbocycles. The monoisotopic (exact) mass is 299 g/mol. The molecule has 0 saturated heterocycles. The van der Waals surface area contributed by atoms with E-state index >= 15 is 0 Å². The Labute approximate surface area is 128 Å². The highest BCUT2D eigenvalue weighted by Crippen LogP contribution is 2.19. The zero-order valence-electron chi connectivity index (χ0n) is 12.0. The molecule has 0 aliphatic rings. The fourth-order valence-corrected chi connectivity index (χ4v) is 2.75. The van der Waals surface area contributed by atoms with Crippen LogP contribution in [-0.2, 0) is 11.3 Å². The summed E-state index contributed by atoms with van der Waals surface area (Å²) in [5.41, 5.74) is 2.62. The molecule has 0 radical (unpaired) electrons. The molecule has 0 fully saturated rings. The second kappa shape index (κ2) is 7.02. The zero-order chi connectivity index (χ0) is 15.2. The maximum absolute atomic E-state index is 11.1. The fourth-order valence-electron chi connectivity index (χ4n) is 1.99. The first-order chi connectivity index (χ1) is 10.1. The minimum absolute atomic E-state index is 0.0737. The lowest BCUT2D eigenvalue weighted by atomic mass is 10.1. The van der Waals surface area contributed by atoms with Crippen LogP contribution in [-0.4, -0.2) is 5.91 Å². The van der Waals surface area contributed by atoms with Gasteiger partial charge >= 0.3 is 0 Å².